The van der Waals surface area contributed by atoms with E-state index in [1.54, 1.807) is 0 Å². The molecule has 0 aromatic carbocycles. The number of pyridine rings is 1. The van der Waals surface area contributed by atoms with Crippen LogP contribution in [0.4, 0.5) is 5.82 Å². The van der Waals surface area contributed by atoms with E-state index in [4.69, 9.17) is 0 Å². The van der Waals surface area contributed by atoms with Gasteiger partial charge in [-0.1, -0.05) is 0 Å². The van der Waals surface area contributed by atoms with Gasteiger partial charge in [0.05, 0.1) is 0 Å². The molecular formula is C10H16BrCl2N3. The predicted molar refractivity (Wildman–Crippen MR) is 75.9 cm³/mol. The molecule has 0 bridgehead atoms. The van der Waals surface area contributed by atoms with E-state index in [9.17, 15) is 0 Å². The fraction of sp³-hybridized carbons (Fsp3) is 0.500. The molecule has 92 valence electrons. The topological polar surface area (TPSA) is 37.0 Å². The summed E-state index contributed by atoms with van der Waals surface area (Å²) in [4.78, 5) is 4.29. The number of rotatable bonds is 2. The number of hydrogen-bond acceptors (Lipinski definition) is 3. The summed E-state index contributed by atoms with van der Waals surface area (Å²) in [7, 11) is 0. The third-order valence-corrected chi connectivity index (χ3v) is 2.89. The van der Waals surface area contributed by atoms with Crippen molar-refractivity contribution in [1.82, 2.24) is 10.3 Å². The zero-order chi connectivity index (χ0) is 9.80. The van der Waals surface area contributed by atoms with Crippen LogP contribution in [0.15, 0.2) is 22.8 Å². The summed E-state index contributed by atoms with van der Waals surface area (Å²) in [6, 6.07) is 4.59. The van der Waals surface area contributed by atoms with E-state index < -0.39 is 0 Å². The van der Waals surface area contributed by atoms with Crippen molar-refractivity contribution >= 4 is 46.6 Å². The summed E-state index contributed by atoms with van der Waals surface area (Å²) in [5, 5.41) is 6.78. The molecule has 1 aliphatic rings. The highest BCUT2D eigenvalue weighted by atomic mass is 79.9. The molecule has 3 nitrogen and oxygen atoms in total. The number of aromatic nitrogens is 1. The van der Waals surface area contributed by atoms with Gasteiger partial charge < -0.3 is 10.6 Å². The highest BCUT2D eigenvalue weighted by Gasteiger charge is 2.12. The Labute approximate surface area is 117 Å². The molecule has 1 aromatic heterocycles. The van der Waals surface area contributed by atoms with Crippen molar-refractivity contribution in [1.29, 1.82) is 0 Å². The van der Waals surface area contributed by atoms with Gasteiger partial charge in [-0.3, -0.25) is 0 Å². The van der Waals surface area contributed by atoms with Crippen LogP contribution in [0.1, 0.15) is 12.8 Å². The molecule has 6 heteroatoms. The Morgan fingerprint density at radius 2 is 1.94 bits per heavy atom. The highest BCUT2D eigenvalue weighted by Crippen LogP contribution is 2.13. The summed E-state index contributed by atoms with van der Waals surface area (Å²) in [6.07, 6.45) is 4.18. The van der Waals surface area contributed by atoms with Gasteiger partial charge in [0, 0.05) is 16.7 Å². The lowest BCUT2D eigenvalue weighted by Crippen LogP contribution is -2.35. The molecule has 16 heavy (non-hydrogen) atoms. The summed E-state index contributed by atoms with van der Waals surface area (Å²) in [6.45, 7) is 2.21. The first-order valence-corrected chi connectivity index (χ1v) is 5.73. The van der Waals surface area contributed by atoms with E-state index in [-0.39, 0.29) is 24.8 Å². The van der Waals surface area contributed by atoms with Gasteiger partial charge in [-0.25, -0.2) is 4.98 Å². The van der Waals surface area contributed by atoms with Crippen LogP contribution >= 0.6 is 40.7 Å². The summed E-state index contributed by atoms with van der Waals surface area (Å²) < 4.78 is 1.02. The van der Waals surface area contributed by atoms with Gasteiger partial charge in [-0.15, -0.1) is 24.8 Å². The Morgan fingerprint density at radius 1 is 1.25 bits per heavy atom. The Balaban J connectivity index is 0.00000112. The molecule has 0 unspecified atom stereocenters. The van der Waals surface area contributed by atoms with Crippen LogP contribution in [0.25, 0.3) is 0 Å². The molecule has 0 aliphatic carbocycles. The molecule has 1 aromatic rings. The number of halogens is 3. The standard InChI is InChI=1S/C10H14BrN3.2ClH/c11-8-1-2-10(13-7-8)14-9-3-5-12-6-4-9;;/h1-2,7,9,12H,3-6H2,(H,13,14);2*1H. The van der Waals surface area contributed by atoms with Crippen molar-refractivity contribution in [2.24, 2.45) is 0 Å². The largest absolute Gasteiger partial charge is 0.367 e. The number of anilines is 1. The van der Waals surface area contributed by atoms with Gasteiger partial charge in [-0.05, 0) is 54.0 Å². The number of piperidine rings is 1. The highest BCUT2D eigenvalue weighted by molar-refractivity contribution is 9.10. The van der Waals surface area contributed by atoms with Crippen molar-refractivity contribution < 1.29 is 0 Å². The van der Waals surface area contributed by atoms with E-state index in [0.717, 1.165) is 23.4 Å². The van der Waals surface area contributed by atoms with Crippen LogP contribution in [0.2, 0.25) is 0 Å². The van der Waals surface area contributed by atoms with Crippen molar-refractivity contribution in [2.75, 3.05) is 18.4 Å². The fourth-order valence-corrected chi connectivity index (χ4v) is 1.87. The van der Waals surface area contributed by atoms with Crippen LogP contribution < -0.4 is 10.6 Å². The van der Waals surface area contributed by atoms with E-state index >= 15 is 0 Å². The normalized spacial score (nSPS) is 15.8. The van der Waals surface area contributed by atoms with Gasteiger partial charge >= 0.3 is 0 Å². The maximum atomic E-state index is 4.29. The summed E-state index contributed by atoms with van der Waals surface area (Å²) in [5.41, 5.74) is 0. The first-order chi connectivity index (χ1) is 6.84. The zero-order valence-corrected chi connectivity index (χ0v) is 12.0. The molecule has 1 saturated heterocycles. The Morgan fingerprint density at radius 3 is 2.50 bits per heavy atom. The van der Waals surface area contributed by atoms with Gasteiger partial charge in [0.15, 0.2) is 0 Å². The summed E-state index contributed by atoms with van der Waals surface area (Å²) in [5.74, 6) is 0.972. The smallest absolute Gasteiger partial charge is 0.126 e. The maximum absolute atomic E-state index is 4.29. The van der Waals surface area contributed by atoms with Gasteiger partial charge in [0.2, 0.25) is 0 Å². The van der Waals surface area contributed by atoms with Crippen LogP contribution in [0.5, 0.6) is 0 Å². The molecule has 0 spiro atoms. The fourth-order valence-electron chi connectivity index (χ4n) is 1.64. The third kappa shape index (κ3) is 4.87. The van der Waals surface area contributed by atoms with Crippen molar-refractivity contribution in [3.05, 3.63) is 22.8 Å². The lowest BCUT2D eigenvalue weighted by Gasteiger charge is -2.24. The lowest BCUT2D eigenvalue weighted by molar-refractivity contribution is 0.478. The first kappa shape index (κ1) is 16.0. The van der Waals surface area contributed by atoms with E-state index in [1.807, 2.05) is 18.3 Å². The average molecular weight is 329 g/mol. The number of nitrogens with zero attached hydrogens (tertiary/aromatic N) is 1. The lowest BCUT2D eigenvalue weighted by atomic mass is 10.1. The Hall–Kier alpha value is -0.0300. The average Bonchev–Trinajstić information content (AvgIpc) is 2.23. The molecule has 1 fully saturated rings. The van der Waals surface area contributed by atoms with E-state index in [2.05, 4.69) is 31.5 Å². The van der Waals surface area contributed by atoms with E-state index in [0.29, 0.717) is 6.04 Å². The number of nitrogens with one attached hydrogen (secondary N) is 2. The molecular weight excluding hydrogens is 313 g/mol. The second kappa shape index (κ2) is 8.12. The van der Waals surface area contributed by atoms with Crippen LogP contribution in [-0.2, 0) is 0 Å². The van der Waals surface area contributed by atoms with E-state index in [1.165, 1.54) is 12.8 Å². The van der Waals surface area contributed by atoms with Crippen molar-refractivity contribution in [2.45, 2.75) is 18.9 Å². The minimum Gasteiger partial charge on any atom is -0.367 e. The predicted octanol–water partition coefficient (Wildman–Crippen LogP) is 2.85. The van der Waals surface area contributed by atoms with Gasteiger partial charge in [0.25, 0.3) is 0 Å². The second-order valence-electron chi connectivity index (χ2n) is 3.53. The molecule has 1 aliphatic heterocycles. The molecule has 2 N–H and O–H groups in total. The van der Waals surface area contributed by atoms with Crippen molar-refractivity contribution in [3.63, 3.8) is 0 Å². The maximum Gasteiger partial charge on any atom is 0.126 e. The Bertz CT molecular complexity index is 289. The molecule has 2 heterocycles. The molecule has 0 atom stereocenters. The minimum absolute atomic E-state index is 0. The monoisotopic (exact) mass is 327 g/mol. The molecule has 0 radical (unpaired) electrons. The van der Waals surface area contributed by atoms with Crippen LogP contribution in [0.3, 0.4) is 0 Å². The summed E-state index contributed by atoms with van der Waals surface area (Å²) >= 11 is 3.37. The van der Waals surface area contributed by atoms with Crippen LogP contribution in [0, 0.1) is 0 Å². The van der Waals surface area contributed by atoms with Crippen LogP contribution in [-0.4, -0.2) is 24.1 Å². The number of hydrogen-bond donors (Lipinski definition) is 2. The van der Waals surface area contributed by atoms with Crippen molar-refractivity contribution in [3.8, 4) is 0 Å². The van der Waals surface area contributed by atoms with Gasteiger partial charge in [-0.2, -0.15) is 0 Å². The SMILES string of the molecule is Brc1ccc(NC2CCNCC2)nc1.Cl.Cl. The third-order valence-electron chi connectivity index (χ3n) is 2.42. The molecule has 0 amide bonds. The second-order valence-corrected chi connectivity index (χ2v) is 4.45. The molecule has 2 rings (SSSR count). The first-order valence-electron chi connectivity index (χ1n) is 4.93. The minimum atomic E-state index is 0. The molecule has 0 saturated carbocycles. The Kier molecular flexibility index (Phi) is 8.10. The van der Waals surface area contributed by atoms with Gasteiger partial charge in [0.1, 0.15) is 5.82 Å². The zero-order valence-electron chi connectivity index (χ0n) is 8.78. The quantitative estimate of drug-likeness (QED) is 0.876.